The molecule has 3 aromatic rings. The molecule has 1 saturated carbocycles. The third-order valence-electron chi connectivity index (χ3n) is 6.77. The van der Waals surface area contributed by atoms with Gasteiger partial charge in [0, 0.05) is 31.0 Å². The molecule has 35 heavy (non-hydrogen) atoms. The highest BCUT2D eigenvalue weighted by Crippen LogP contribution is 2.40. The van der Waals surface area contributed by atoms with E-state index in [1.54, 1.807) is 6.92 Å². The molecule has 1 aliphatic carbocycles. The molecule has 0 bridgehead atoms. The second-order valence-corrected chi connectivity index (χ2v) is 9.86. The van der Waals surface area contributed by atoms with Gasteiger partial charge in [0.25, 0.3) is 0 Å². The second-order valence-electron chi connectivity index (χ2n) is 9.45. The number of aliphatic hydroxyl groups is 1. The summed E-state index contributed by atoms with van der Waals surface area (Å²) >= 11 is 6.67. The van der Waals surface area contributed by atoms with Crippen LogP contribution < -0.4 is 10.9 Å². The van der Waals surface area contributed by atoms with E-state index in [1.165, 1.54) is 24.0 Å². The third-order valence-corrected chi connectivity index (χ3v) is 7.09. The molecule has 1 aromatic heterocycles. The number of hydrogen-bond acceptors (Lipinski definition) is 5. The van der Waals surface area contributed by atoms with Gasteiger partial charge in [-0.2, -0.15) is 0 Å². The lowest BCUT2D eigenvalue weighted by molar-refractivity contribution is -0.126. The molecule has 1 saturated heterocycles. The lowest BCUT2D eigenvalue weighted by Gasteiger charge is -2.34. The van der Waals surface area contributed by atoms with Gasteiger partial charge in [-0.05, 0) is 60.9 Å². The maximum atomic E-state index is 11.5. The maximum absolute atomic E-state index is 11.5. The number of carbonyl (C=O) groups excluding carboxylic acids is 1. The standard InChI is InChI=1S/C27H32ClN3O4/c1-2-34-27(33)30-29-15-22-13-21(32)14-25(35-22)31-16-20(26-23(28)4-3-5-24(26)31)12-17-6-8-18(9-7-17)19-10-11-19/h3-9,16,19,21-22,25,29,32H,2,10-15H2,1H3,(H,30,33). The van der Waals surface area contributed by atoms with Crippen LogP contribution in [0.5, 0.6) is 0 Å². The summed E-state index contributed by atoms with van der Waals surface area (Å²) in [6.07, 6.45) is 4.75. The van der Waals surface area contributed by atoms with Gasteiger partial charge < -0.3 is 19.1 Å². The SMILES string of the molecule is CCOC(=O)NNCC1CC(O)CC(n2cc(Cc3ccc(C4CC4)cc3)c3c(Cl)cccc32)O1. The van der Waals surface area contributed by atoms with Crippen LogP contribution in [0.1, 0.15) is 61.4 Å². The van der Waals surface area contributed by atoms with Gasteiger partial charge in [0.2, 0.25) is 0 Å². The number of fused-ring (bicyclic) bond motifs is 1. The lowest BCUT2D eigenvalue weighted by Crippen LogP contribution is -2.46. The fourth-order valence-electron chi connectivity index (χ4n) is 4.94. The number of aromatic nitrogens is 1. The molecule has 5 rings (SSSR count). The van der Waals surface area contributed by atoms with E-state index < -0.39 is 12.2 Å². The first-order chi connectivity index (χ1) is 17.0. The molecule has 3 unspecified atom stereocenters. The van der Waals surface area contributed by atoms with E-state index in [1.807, 2.05) is 18.2 Å². The number of hydrogen-bond donors (Lipinski definition) is 3. The Morgan fingerprint density at radius 1 is 1.20 bits per heavy atom. The van der Waals surface area contributed by atoms with Gasteiger partial charge in [-0.3, -0.25) is 5.43 Å². The number of carbonyl (C=O) groups is 1. The summed E-state index contributed by atoms with van der Waals surface area (Å²) in [5.41, 5.74) is 10.1. The first-order valence-corrected chi connectivity index (χ1v) is 12.8. The van der Waals surface area contributed by atoms with Crippen molar-refractivity contribution in [3.05, 3.63) is 70.4 Å². The van der Waals surface area contributed by atoms with Crippen molar-refractivity contribution in [1.82, 2.24) is 15.4 Å². The fourth-order valence-corrected chi connectivity index (χ4v) is 5.24. The Morgan fingerprint density at radius 3 is 2.74 bits per heavy atom. The summed E-state index contributed by atoms with van der Waals surface area (Å²) in [6.45, 7) is 2.40. The van der Waals surface area contributed by atoms with E-state index >= 15 is 0 Å². The number of aliphatic hydroxyl groups excluding tert-OH is 1. The number of hydrazine groups is 1. The topological polar surface area (TPSA) is 84.8 Å². The summed E-state index contributed by atoms with van der Waals surface area (Å²) in [7, 11) is 0. The lowest BCUT2D eigenvalue weighted by atomic mass is 10.0. The van der Waals surface area contributed by atoms with Crippen molar-refractivity contribution >= 4 is 28.6 Å². The Balaban J connectivity index is 1.35. The van der Waals surface area contributed by atoms with Gasteiger partial charge in [-0.1, -0.05) is 41.9 Å². The molecule has 3 N–H and O–H groups in total. The zero-order valence-electron chi connectivity index (χ0n) is 19.9. The van der Waals surface area contributed by atoms with Crippen LogP contribution in [0, 0.1) is 0 Å². The largest absolute Gasteiger partial charge is 0.449 e. The van der Waals surface area contributed by atoms with Crippen LogP contribution in [0.15, 0.2) is 48.7 Å². The number of benzene rings is 2. The maximum Gasteiger partial charge on any atom is 0.421 e. The Labute approximate surface area is 210 Å². The summed E-state index contributed by atoms with van der Waals surface area (Å²) < 4.78 is 13.3. The van der Waals surface area contributed by atoms with Crippen LogP contribution in [0.3, 0.4) is 0 Å². The molecular weight excluding hydrogens is 466 g/mol. The van der Waals surface area contributed by atoms with Crippen molar-refractivity contribution in [3.8, 4) is 0 Å². The molecule has 2 aliphatic rings. The number of nitrogens with one attached hydrogen (secondary N) is 2. The second kappa shape index (κ2) is 10.6. The van der Waals surface area contributed by atoms with E-state index in [4.69, 9.17) is 21.1 Å². The number of amides is 1. The van der Waals surface area contributed by atoms with Gasteiger partial charge >= 0.3 is 6.09 Å². The highest BCUT2D eigenvalue weighted by atomic mass is 35.5. The molecule has 2 aromatic carbocycles. The van der Waals surface area contributed by atoms with E-state index in [-0.39, 0.29) is 12.3 Å². The summed E-state index contributed by atoms with van der Waals surface area (Å²) in [5.74, 6) is 0.741. The molecule has 8 heteroatoms. The normalized spacial score (nSPS) is 22.3. The molecule has 2 fully saturated rings. The Kier molecular flexibility index (Phi) is 7.29. The van der Waals surface area contributed by atoms with Crippen LogP contribution in [-0.2, 0) is 15.9 Å². The highest BCUT2D eigenvalue weighted by molar-refractivity contribution is 6.35. The number of nitrogens with zero attached hydrogens (tertiary/aromatic N) is 1. The first-order valence-electron chi connectivity index (χ1n) is 12.4. The van der Waals surface area contributed by atoms with Crippen LogP contribution >= 0.6 is 11.6 Å². The monoisotopic (exact) mass is 497 g/mol. The van der Waals surface area contributed by atoms with Crippen LogP contribution in [0.4, 0.5) is 4.79 Å². The minimum Gasteiger partial charge on any atom is -0.449 e. The zero-order valence-corrected chi connectivity index (χ0v) is 20.6. The van der Waals surface area contributed by atoms with Crippen molar-refractivity contribution in [2.24, 2.45) is 0 Å². The quantitative estimate of drug-likeness (QED) is 0.379. The Hall–Kier alpha value is -2.58. The minimum atomic E-state index is -0.541. The van der Waals surface area contributed by atoms with E-state index in [0.29, 0.717) is 31.0 Å². The summed E-state index contributed by atoms with van der Waals surface area (Å²) in [4.78, 5) is 11.5. The molecule has 2 heterocycles. The van der Waals surface area contributed by atoms with E-state index in [0.717, 1.165) is 28.8 Å². The van der Waals surface area contributed by atoms with Gasteiger partial charge in [0.1, 0.15) is 6.23 Å². The van der Waals surface area contributed by atoms with Crippen LogP contribution in [0.25, 0.3) is 10.9 Å². The Bertz CT molecular complexity index is 1180. The molecule has 1 aliphatic heterocycles. The van der Waals surface area contributed by atoms with Gasteiger partial charge in [-0.15, -0.1) is 0 Å². The van der Waals surface area contributed by atoms with E-state index in [9.17, 15) is 9.90 Å². The van der Waals surface area contributed by atoms with Crippen molar-refractivity contribution in [3.63, 3.8) is 0 Å². The fraction of sp³-hybridized carbons (Fsp3) is 0.444. The van der Waals surface area contributed by atoms with Crippen molar-refractivity contribution in [2.75, 3.05) is 13.2 Å². The van der Waals surface area contributed by atoms with Gasteiger partial charge in [0.15, 0.2) is 0 Å². The minimum absolute atomic E-state index is 0.277. The first kappa shape index (κ1) is 24.1. The molecule has 0 radical (unpaired) electrons. The van der Waals surface area contributed by atoms with Crippen LogP contribution in [0.2, 0.25) is 5.02 Å². The summed E-state index contributed by atoms with van der Waals surface area (Å²) in [6, 6.07) is 14.8. The molecule has 0 spiro atoms. The average Bonchev–Trinajstić information content (AvgIpc) is 3.61. The molecule has 3 atom stereocenters. The smallest absolute Gasteiger partial charge is 0.421 e. The van der Waals surface area contributed by atoms with Crippen molar-refractivity contribution < 1.29 is 19.4 Å². The van der Waals surface area contributed by atoms with Gasteiger partial charge in [0.05, 0.1) is 29.4 Å². The average molecular weight is 498 g/mol. The van der Waals surface area contributed by atoms with Crippen molar-refractivity contribution in [1.29, 1.82) is 0 Å². The van der Waals surface area contributed by atoms with Crippen LogP contribution in [-0.4, -0.2) is 41.1 Å². The molecule has 7 nitrogen and oxygen atoms in total. The molecule has 1 amide bonds. The van der Waals surface area contributed by atoms with E-state index in [2.05, 4.69) is 45.9 Å². The van der Waals surface area contributed by atoms with Crippen molar-refractivity contribution in [2.45, 2.75) is 63.4 Å². The third kappa shape index (κ3) is 5.64. The number of ether oxygens (including phenoxy) is 2. The Morgan fingerprint density at radius 2 is 2.00 bits per heavy atom. The zero-order chi connectivity index (χ0) is 24.4. The predicted octanol–water partition coefficient (Wildman–Crippen LogP) is 5.05. The van der Waals surface area contributed by atoms with Gasteiger partial charge in [-0.25, -0.2) is 10.2 Å². The number of halogens is 1. The molecule has 186 valence electrons. The molecular formula is C27H32ClN3O4. The summed E-state index contributed by atoms with van der Waals surface area (Å²) in [5, 5.41) is 12.3. The predicted molar refractivity (Wildman–Crippen MR) is 135 cm³/mol. The highest BCUT2D eigenvalue weighted by Gasteiger charge is 2.31. The number of rotatable bonds is 8.